The minimum atomic E-state index is -0.657. The van der Waals surface area contributed by atoms with Crippen molar-refractivity contribution in [3.8, 4) is 11.5 Å². The minimum absolute atomic E-state index is 0.208. The largest absolute Gasteiger partial charge is 0.497 e. The zero-order chi connectivity index (χ0) is 22.1. The van der Waals surface area contributed by atoms with Gasteiger partial charge in [-0.1, -0.05) is 46.6 Å². The van der Waals surface area contributed by atoms with E-state index in [0.29, 0.717) is 17.3 Å². The van der Waals surface area contributed by atoms with Crippen LogP contribution in [-0.2, 0) is 16.1 Å². The van der Waals surface area contributed by atoms with Crippen molar-refractivity contribution in [3.63, 3.8) is 0 Å². The molecule has 0 aliphatic rings. The van der Waals surface area contributed by atoms with Crippen LogP contribution in [0.15, 0.2) is 46.9 Å². The van der Waals surface area contributed by atoms with Gasteiger partial charge in [-0.05, 0) is 49.2 Å². The number of nitrogens with one attached hydrogen (secondary N) is 1. The van der Waals surface area contributed by atoms with Crippen LogP contribution in [0.5, 0.6) is 11.5 Å². The molecule has 0 saturated carbocycles. The van der Waals surface area contributed by atoms with E-state index in [-0.39, 0.29) is 25.0 Å². The number of hydrogen-bond donors (Lipinski definition) is 1. The summed E-state index contributed by atoms with van der Waals surface area (Å²) in [4.78, 5) is 27.0. The number of benzene rings is 2. The van der Waals surface area contributed by atoms with Gasteiger partial charge in [0.1, 0.15) is 17.5 Å². The maximum Gasteiger partial charge on any atom is 0.261 e. The highest BCUT2D eigenvalue weighted by Crippen LogP contribution is 2.27. The molecule has 0 fully saturated rings. The number of rotatable bonds is 10. The summed E-state index contributed by atoms with van der Waals surface area (Å²) in [6, 6.07) is 11.9. The molecule has 2 amide bonds. The Kier molecular flexibility index (Phi) is 9.46. The predicted molar refractivity (Wildman–Crippen MR) is 121 cm³/mol. The number of nitrogens with zero attached hydrogens (tertiary/aromatic N) is 1. The molecule has 0 saturated heterocycles. The van der Waals surface area contributed by atoms with E-state index in [1.807, 2.05) is 31.2 Å². The van der Waals surface area contributed by atoms with E-state index in [2.05, 4.69) is 21.2 Å². The van der Waals surface area contributed by atoms with Gasteiger partial charge in [0.25, 0.3) is 5.91 Å². The van der Waals surface area contributed by atoms with Crippen molar-refractivity contribution in [2.24, 2.45) is 0 Å². The summed E-state index contributed by atoms with van der Waals surface area (Å²) in [7, 11) is 1.59. The molecule has 1 atom stereocenters. The van der Waals surface area contributed by atoms with Crippen LogP contribution in [0.2, 0.25) is 5.02 Å². The fourth-order valence-electron chi connectivity index (χ4n) is 2.72. The number of carbonyl (C=O) groups is 2. The highest BCUT2D eigenvalue weighted by atomic mass is 79.9. The third-order valence-corrected chi connectivity index (χ3v) is 5.26. The fraction of sp³-hybridized carbons (Fsp3) is 0.364. The Hall–Kier alpha value is -2.25. The third kappa shape index (κ3) is 6.92. The molecular formula is C22H26BrClN2O4. The molecular weight excluding hydrogens is 472 g/mol. The molecule has 30 heavy (non-hydrogen) atoms. The van der Waals surface area contributed by atoms with Gasteiger partial charge >= 0.3 is 0 Å². The van der Waals surface area contributed by atoms with Crippen molar-refractivity contribution >= 4 is 39.3 Å². The molecule has 6 nitrogen and oxygen atoms in total. The smallest absolute Gasteiger partial charge is 0.261 e. The molecule has 0 aliphatic carbocycles. The maximum atomic E-state index is 13.0. The van der Waals surface area contributed by atoms with E-state index in [4.69, 9.17) is 21.1 Å². The molecule has 0 aromatic heterocycles. The van der Waals surface area contributed by atoms with Crippen LogP contribution in [0, 0.1) is 0 Å². The van der Waals surface area contributed by atoms with Crippen molar-refractivity contribution in [2.45, 2.75) is 32.9 Å². The Balaban J connectivity index is 2.15. The molecule has 2 rings (SSSR count). The lowest BCUT2D eigenvalue weighted by Gasteiger charge is -2.28. The lowest BCUT2D eigenvalue weighted by molar-refractivity contribution is -0.142. The van der Waals surface area contributed by atoms with Crippen LogP contribution in [0.4, 0.5) is 0 Å². The Bertz CT molecular complexity index is 861. The van der Waals surface area contributed by atoms with Crippen LogP contribution >= 0.6 is 27.5 Å². The molecule has 1 N–H and O–H groups in total. The van der Waals surface area contributed by atoms with Crippen LogP contribution in [0.3, 0.4) is 0 Å². The summed E-state index contributed by atoms with van der Waals surface area (Å²) in [6.07, 6.45) is 0.816. The highest BCUT2D eigenvalue weighted by molar-refractivity contribution is 9.10. The molecule has 2 aromatic rings. The lowest BCUT2D eigenvalue weighted by Crippen LogP contribution is -2.49. The van der Waals surface area contributed by atoms with Crippen LogP contribution < -0.4 is 14.8 Å². The Labute approximate surface area is 190 Å². The monoisotopic (exact) mass is 496 g/mol. The first-order valence-electron chi connectivity index (χ1n) is 9.63. The first-order valence-corrected chi connectivity index (χ1v) is 10.8. The first kappa shape index (κ1) is 24.0. The van der Waals surface area contributed by atoms with E-state index in [0.717, 1.165) is 22.2 Å². The summed E-state index contributed by atoms with van der Waals surface area (Å²) in [5.74, 6) is 0.601. The van der Waals surface area contributed by atoms with Gasteiger partial charge in [-0.3, -0.25) is 9.59 Å². The average molecular weight is 498 g/mol. The molecule has 0 unspecified atom stereocenters. The van der Waals surface area contributed by atoms with Crippen molar-refractivity contribution in [3.05, 3.63) is 57.5 Å². The molecule has 0 heterocycles. The zero-order valence-corrected chi connectivity index (χ0v) is 19.6. The number of halogens is 2. The molecule has 162 valence electrons. The van der Waals surface area contributed by atoms with Gasteiger partial charge in [0.2, 0.25) is 5.91 Å². The van der Waals surface area contributed by atoms with Gasteiger partial charge in [-0.25, -0.2) is 0 Å². The average Bonchev–Trinajstić information content (AvgIpc) is 2.74. The Morgan fingerprint density at radius 2 is 1.90 bits per heavy atom. The van der Waals surface area contributed by atoms with E-state index < -0.39 is 6.04 Å². The predicted octanol–water partition coefficient (Wildman–Crippen LogP) is 4.43. The standard InChI is InChI=1S/C22H26BrClN2O4/c1-4-11-25-22(28)15(2)26(13-16-5-8-18(29-3)9-6-16)21(27)14-30-20-10-7-17(23)12-19(20)24/h5-10,12,15H,4,11,13-14H2,1-3H3,(H,25,28)/t15-/m0/s1. The molecule has 0 spiro atoms. The summed E-state index contributed by atoms with van der Waals surface area (Å²) < 4.78 is 11.6. The van der Waals surface area contributed by atoms with Gasteiger partial charge in [-0.15, -0.1) is 0 Å². The summed E-state index contributed by atoms with van der Waals surface area (Å²) >= 11 is 9.50. The SMILES string of the molecule is CCCNC(=O)[C@H](C)N(Cc1ccc(OC)cc1)C(=O)COc1ccc(Br)cc1Cl. The van der Waals surface area contributed by atoms with Crippen molar-refractivity contribution in [1.29, 1.82) is 0 Å². The van der Waals surface area contributed by atoms with Gasteiger partial charge in [0, 0.05) is 17.6 Å². The van der Waals surface area contributed by atoms with Gasteiger partial charge in [0.05, 0.1) is 12.1 Å². The highest BCUT2D eigenvalue weighted by Gasteiger charge is 2.26. The number of carbonyl (C=O) groups excluding carboxylic acids is 2. The Morgan fingerprint density at radius 3 is 2.50 bits per heavy atom. The second-order valence-electron chi connectivity index (χ2n) is 6.70. The van der Waals surface area contributed by atoms with Gasteiger partial charge in [-0.2, -0.15) is 0 Å². The number of hydrogen-bond acceptors (Lipinski definition) is 4. The van der Waals surface area contributed by atoms with Crippen molar-refractivity contribution < 1.29 is 19.1 Å². The normalized spacial score (nSPS) is 11.5. The van der Waals surface area contributed by atoms with E-state index >= 15 is 0 Å². The molecule has 0 bridgehead atoms. The van der Waals surface area contributed by atoms with Crippen LogP contribution in [-0.4, -0.2) is 43.0 Å². The topological polar surface area (TPSA) is 67.9 Å². The van der Waals surface area contributed by atoms with Crippen LogP contribution in [0.1, 0.15) is 25.8 Å². The summed E-state index contributed by atoms with van der Waals surface area (Å²) in [5.41, 5.74) is 0.876. The molecule has 0 aliphatic heterocycles. The minimum Gasteiger partial charge on any atom is -0.497 e. The zero-order valence-electron chi connectivity index (χ0n) is 17.3. The van der Waals surface area contributed by atoms with Gasteiger partial charge < -0.3 is 19.7 Å². The van der Waals surface area contributed by atoms with Crippen molar-refractivity contribution in [1.82, 2.24) is 10.2 Å². The molecule has 8 heteroatoms. The number of methoxy groups -OCH3 is 1. The quantitative estimate of drug-likeness (QED) is 0.527. The lowest BCUT2D eigenvalue weighted by atomic mass is 10.1. The third-order valence-electron chi connectivity index (χ3n) is 4.47. The number of amides is 2. The first-order chi connectivity index (χ1) is 14.3. The summed E-state index contributed by atoms with van der Waals surface area (Å²) in [5, 5.41) is 3.24. The molecule has 0 radical (unpaired) electrons. The van der Waals surface area contributed by atoms with E-state index in [1.54, 1.807) is 32.2 Å². The second-order valence-corrected chi connectivity index (χ2v) is 8.02. The summed E-state index contributed by atoms with van der Waals surface area (Å²) in [6.45, 7) is 4.27. The van der Waals surface area contributed by atoms with E-state index in [1.165, 1.54) is 4.90 Å². The van der Waals surface area contributed by atoms with Crippen molar-refractivity contribution in [2.75, 3.05) is 20.3 Å². The fourth-order valence-corrected chi connectivity index (χ4v) is 3.45. The molecule has 2 aromatic carbocycles. The van der Waals surface area contributed by atoms with Crippen LogP contribution in [0.25, 0.3) is 0 Å². The van der Waals surface area contributed by atoms with E-state index in [9.17, 15) is 9.59 Å². The van der Waals surface area contributed by atoms with Gasteiger partial charge in [0.15, 0.2) is 6.61 Å². The second kappa shape index (κ2) is 11.8. The maximum absolute atomic E-state index is 13.0. The Morgan fingerprint density at radius 1 is 1.20 bits per heavy atom. The number of ether oxygens (including phenoxy) is 2.